The van der Waals surface area contributed by atoms with Crippen molar-refractivity contribution in [3.63, 3.8) is 0 Å². The Morgan fingerprint density at radius 2 is 2.06 bits per heavy atom. The highest BCUT2D eigenvalue weighted by Gasteiger charge is 2.20. The Balaban J connectivity index is 2.00. The summed E-state index contributed by atoms with van der Waals surface area (Å²) < 4.78 is 2.22. The van der Waals surface area contributed by atoms with Crippen molar-refractivity contribution < 1.29 is 0 Å². The number of nitrogen functional groups attached to an aromatic ring is 1. The van der Waals surface area contributed by atoms with Gasteiger partial charge < -0.3 is 10.3 Å². The van der Waals surface area contributed by atoms with Gasteiger partial charge in [-0.05, 0) is 43.5 Å². The molecule has 0 aliphatic heterocycles. The van der Waals surface area contributed by atoms with Crippen LogP contribution in [0.25, 0.3) is 11.4 Å². The highest BCUT2D eigenvalue weighted by molar-refractivity contribution is 5.62. The van der Waals surface area contributed by atoms with Gasteiger partial charge >= 0.3 is 0 Å². The van der Waals surface area contributed by atoms with Crippen molar-refractivity contribution in [3.8, 4) is 11.4 Å². The number of nitrogens with two attached hydrogens (primary N) is 1. The second-order valence-electron chi connectivity index (χ2n) is 5.07. The first-order valence-corrected chi connectivity index (χ1v) is 6.52. The Bertz CT molecular complexity index is 553. The number of rotatable bonds is 2. The number of hydrogen-bond donors (Lipinski definition) is 1. The van der Waals surface area contributed by atoms with Gasteiger partial charge in [0.2, 0.25) is 0 Å². The van der Waals surface area contributed by atoms with Gasteiger partial charge in [-0.25, -0.2) is 0 Å². The summed E-state index contributed by atoms with van der Waals surface area (Å²) in [7, 11) is 0. The van der Waals surface area contributed by atoms with Crippen LogP contribution in [0, 0.1) is 6.92 Å². The first kappa shape index (κ1) is 11.3. The minimum absolute atomic E-state index is 0.563. The van der Waals surface area contributed by atoms with Gasteiger partial charge in [0.15, 0.2) is 5.82 Å². The summed E-state index contributed by atoms with van der Waals surface area (Å²) in [6.45, 7) is 2.02. The molecule has 2 aromatic rings. The van der Waals surface area contributed by atoms with Crippen LogP contribution < -0.4 is 5.73 Å². The van der Waals surface area contributed by atoms with E-state index in [1.165, 1.54) is 25.7 Å². The van der Waals surface area contributed by atoms with E-state index in [2.05, 4.69) is 20.8 Å². The van der Waals surface area contributed by atoms with Gasteiger partial charge in [0.25, 0.3) is 0 Å². The van der Waals surface area contributed by atoms with Gasteiger partial charge in [-0.1, -0.05) is 12.8 Å². The third-order valence-electron chi connectivity index (χ3n) is 3.82. The number of benzene rings is 1. The number of aryl methyl sites for hydroxylation is 1. The highest BCUT2D eigenvalue weighted by Crippen LogP contribution is 2.32. The lowest BCUT2D eigenvalue weighted by atomic mass is 10.1. The van der Waals surface area contributed by atoms with Gasteiger partial charge in [-0.2, -0.15) is 0 Å². The van der Waals surface area contributed by atoms with E-state index in [1.807, 2.05) is 25.4 Å². The minimum Gasteiger partial charge on any atom is -0.399 e. The van der Waals surface area contributed by atoms with Gasteiger partial charge in [0, 0.05) is 17.3 Å². The Hall–Kier alpha value is -1.84. The highest BCUT2D eigenvalue weighted by atomic mass is 15.3. The fourth-order valence-electron chi connectivity index (χ4n) is 2.71. The van der Waals surface area contributed by atoms with Crippen LogP contribution in [0.5, 0.6) is 0 Å². The van der Waals surface area contributed by atoms with Crippen LogP contribution in [-0.2, 0) is 0 Å². The van der Waals surface area contributed by atoms with Crippen molar-refractivity contribution in [2.45, 2.75) is 38.6 Å². The van der Waals surface area contributed by atoms with Crippen molar-refractivity contribution in [2.24, 2.45) is 0 Å². The lowest BCUT2D eigenvalue weighted by molar-refractivity contribution is 0.522. The van der Waals surface area contributed by atoms with E-state index in [1.54, 1.807) is 0 Å². The van der Waals surface area contributed by atoms with Crippen LogP contribution in [0.4, 0.5) is 5.69 Å². The van der Waals surface area contributed by atoms with E-state index < -0.39 is 0 Å². The maximum Gasteiger partial charge on any atom is 0.164 e. The van der Waals surface area contributed by atoms with Crippen molar-refractivity contribution >= 4 is 5.69 Å². The summed E-state index contributed by atoms with van der Waals surface area (Å²) >= 11 is 0. The normalized spacial score (nSPS) is 16.3. The lowest BCUT2D eigenvalue weighted by Crippen LogP contribution is -2.05. The average Bonchev–Trinajstić information content (AvgIpc) is 3.00. The smallest absolute Gasteiger partial charge is 0.164 e. The SMILES string of the molecule is Cc1cc(-c2nncn2C2CCCC2)ccc1N. The molecular weight excluding hydrogens is 224 g/mol. The van der Waals surface area contributed by atoms with Crippen LogP contribution in [-0.4, -0.2) is 14.8 Å². The molecular formula is C14H18N4. The Morgan fingerprint density at radius 1 is 1.28 bits per heavy atom. The van der Waals surface area contributed by atoms with Crippen LogP contribution in [0.1, 0.15) is 37.3 Å². The molecule has 94 valence electrons. The van der Waals surface area contributed by atoms with Gasteiger partial charge in [-0.3, -0.25) is 0 Å². The summed E-state index contributed by atoms with van der Waals surface area (Å²) in [5, 5.41) is 8.35. The van der Waals surface area contributed by atoms with E-state index in [-0.39, 0.29) is 0 Å². The topological polar surface area (TPSA) is 56.7 Å². The molecule has 18 heavy (non-hydrogen) atoms. The molecule has 0 bridgehead atoms. The van der Waals surface area contributed by atoms with Crippen molar-refractivity contribution in [1.82, 2.24) is 14.8 Å². The molecule has 1 aromatic heterocycles. The molecule has 0 atom stereocenters. The molecule has 0 radical (unpaired) electrons. The lowest BCUT2D eigenvalue weighted by Gasteiger charge is -2.14. The summed E-state index contributed by atoms with van der Waals surface area (Å²) in [5.74, 6) is 0.963. The van der Waals surface area contributed by atoms with Crippen LogP contribution >= 0.6 is 0 Å². The van der Waals surface area contributed by atoms with E-state index in [9.17, 15) is 0 Å². The van der Waals surface area contributed by atoms with Gasteiger partial charge in [0.1, 0.15) is 6.33 Å². The average molecular weight is 242 g/mol. The summed E-state index contributed by atoms with van der Waals surface area (Å²) in [4.78, 5) is 0. The van der Waals surface area contributed by atoms with Crippen molar-refractivity contribution in [2.75, 3.05) is 5.73 Å². The molecule has 1 saturated carbocycles. The standard InChI is InChI=1S/C14H18N4/c1-10-8-11(6-7-13(10)15)14-17-16-9-18(14)12-4-2-3-5-12/h6-9,12H,2-5,15H2,1H3. The summed E-state index contributed by atoms with van der Waals surface area (Å²) in [6, 6.07) is 6.62. The van der Waals surface area contributed by atoms with Crippen LogP contribution in [0.15, 0.2) is 24.5 Å². The number of hydrogen-bond acceptors (Lipinski definition) is 3. The zero-order chi connectivity index (χ0) is 12.5. The van der Waals surface area contributed by atoms with Gasteiger partial charge in [-0.15, -0.1) is 10.2 Å². The van der Waals surface area contributed by atoms with Gasteiger partial charge in [0.05, 0.1) is 0 Å². The van der Waals surface area contributed by atoms with E-state index >= 15 is 0 Å². The Morgan fingerprint density at radius 3 is 2.78 bits per heavy atom. The number of nitrogens with zero attached hydrogens (tertiary/aromatic N) is 3. The predicted molar refractivity (Wildman–Crippen MR) is 72.1 cm³/mol. The first-order chi connectivity index (χ1) is 8.75. The summed E-state index contributed by atoms with van der Waals surface area (Å²) in [5.41, 5.74) is 8.88. The van der Waals surface area contributed by atoms with E-state index in [4.69, 9.17) is 5.73 Å². The minimum atomic E-state index is 0.563. The zero-order valence-corrected chi connectivity index (χ0v) is 10.6. The molecule has 1 aromatic carbocycles. The molecule has 1 heterocycles. The molecule has 3 rings (SSSR count). The molecule has 1 aliphatic carbocycles. The zero-order valence-electron chi connectivity index (χ0n) is 10.6. The molecule has 4 nitrogen and oxygen atoms in total. The second-order valence-corrected chi connectivity index (χ2v) is 5.07. The van der Waals surface area contributed by atoms with Crippen molar-refractivity contribution in [1.29, 1.82) is 0 Å². The molecule has 0 unspecified atom stereocenters. The fourth-order valence-corrected chi connectivity index (χ4v) is 2.71. The third-order valence-corrected chi connectivity index (χ3v) is 3.82. The molecule has 1 aliphatic rings. The molecule has 2 N–H and O–H groups in total. The monoisotopic (exact) mass is 242 g/mol. The molecule has 0 amide bonds. The maximum absolute atomic E-state index is 5.86. The Kier molecular flexibility index (Phi) is 2.78. The molecule has 0 saturated heterocycles. The van der Waals surface area contributed by atoms with Crippen molar-refractivity contribution in [3.05, 3.63) is 30.1 Å². The van der Waals surface area contributed by atoms with E-state index in [0.717, 1.165) is 22.6 Å². The van der Waals surface area contributed by atoms with Crippen LogP contribution in [0.2, 0.25) is 0 Å². The molecule has 1 fully saturated rings. The first-order valence-electron chi connectivity index (χ1n) is 6.52. The Labute approximate surface area is 107 Å². The third kappa shape index (κ3) is 1.88. The second kappa shape index (κ2) is 4.44. The number of anilines is 1. The molecule has 4 heteroatoms. The predicted octanol–water partition coefficient (Wildman–Crippen LogP) is 2.95. The number of aromatic nitrogens is 3. The quantitative estimate of drug-likeness (QED) is 0.824. The maximum atomic E-state index is 5.86. The summed E-state index contributed by atoms with van der Waals surface area (Å²) in [6.07, 6.45) is 6.95. The van der Waals surface area contributed by atoms with E-state index in [0.29, 0.717) is 6.04 Å². The van der Waals surface area contributed by atoms with Crippen LogP contribution in [0.3, 0.4) is 0 Å². The fraction of sp³-hybridized carbons (Fsp3) is 0.429. The molecule has 0 spiro atoms. The largest absolute Gasteiger partial charge is 0.399 e.